The van der Waals surface area contributed by atoms with Crippen LogP contribution in [0.5, 0.6) is 0 Å². The first-order valence-electron chi connectivity index (χ1n) is 7.55. The summed E-state index contributed by atoms with van der Waals surface area (Å²) in [6.07, 6.45) is 2.23. The molecule has 0 heterocycles. The summed E-state index contributed by atoms with van der Waals surface area (Å²) in [7, 11) is 0. The number of hydrogen-bond acceptors (Lipinski definition) is 2. The predicted octanol–water partition coefficient (Wildman–Crippen LogP) is 3.89. The molecule has 1 atom stereocenters. The molecule has 1 unspecified atom stereocenters. The molecule has 0 amide bonds. The van der Waals surface area contributed by atoms with Crippen LogP contribution in [0, 0.1) is 0 Å². The molecule has 0 saturated heterocycles. The fourth-order valence-corrected chi connectivity index (χ4v) is 2.64. The smallest absolute Gasteiger partial charge is 0.304 e. The summed E-state index contributed by atoms with van der Waals surface area (Å²) in [5, 5.41) is 8.91. The molecule has 0 radical (unpaired) electrons. The SMILES string of the molecule is CCc1ccc(C(CC)N(CCC(=O)O)C(C)C)cc1. The van der Waals surface area contributed by atoms with Crippen LogP contribution in [-0.4, -0.2) is 28.6 Å². The fourth-order valence-electron chi connectivity index (χ4n) is 2.64. The van der Waals surface area contributed by atoms with E-state index in [0.29, 0.717) is 18.6 Å². The molecule has 1 aromatic carbocycles. The van der Waals surface area contributed by atoms with Gasteiger partial charge in [-0.05, 0) is 37.8 Å². The maximum atomic E-state index is 10.8. The van der Waals surface area contributed by atoms with Crippen LogP contribution < -0.4 is 0 Å². The molecule has 3 nitrogen and oxygen atoms in total. The lowest BCUT2D eigenvalue weighted by molar-refractivity contribution is -0.137. The molecule has 3 heteroatoms. The average molecular weight is 277 g/mol. The van der Waals surface area contributed by atoms with E-state index in [1.165, 1.54) is 11.1 Å². The number of carboxylic acid groups (broad SMARTS) is 1. The van der Waals surface area contributed by atoms with Crippen LogP contribution in [0.15, 0.2) is 24.3 Å². The summed E-state index contributed by atoms with van der Waals surface area (Å²) in [6.45, 7) is 9.17. The third-order valence-electron chi connectivity index (χ3n) is 3.81. The van der Waals surface area contributed by atoms with E-state index in [1.54, 1.807) is 0 Å². The van der Waals surface area contributed by atoms with Crippen molar-refractivity contribution in [3.63, 3.8) is 0 Å². The minimum Gasteiger partial charge on any atom is -0.481 e. The van der Waals surface area contributed by atoms with Gasteiger partial charge in [-0.1, -0.05) is 38.1 Å². The van der Waals surface area contributed by atoms with Crippen molar-refractivity contribution >= 4 is 5.97 Å². The van der Waals surface area contributed by atoms with Crippen LogP contribution in [0.4, 0.5) is 0 Å². The van der Waals surface area contributed by atoms with E-state index in [-0.39, 0.29) is 6.42 Å². The van der Waals surface area contributed by atoms with Crippen LogP contribution in [-0.2, 0) is 11.2 Å². The van der Waals surface area contributed by atoms with Gasteiger partial charge >= 0.3 is 5.97 Å². The third-order valence-corrected chi connectivity index (χ3v) is 3.81. The second kappa shape index (κ2) is 8.05. The summed E-state index contributed by atoms with van der Waals surface area (Å²) in [4.78, 5) is 13.1. The number of aliphatic carboxylic acids is 1. The fraction of sp³-hybridized carbons (Fsp3) is 0.588. The third kappa shape index (κ3) is 4.64. The van der Waals surface area contributed by atoms with Gasteiger partial charge < -0.3 is 5.11 Å². The Morgan fingerprint density at radius 1 is 1.20 bits per heavy atom. The summed E-state index contributed by atoms with van der Waals surface area (Å²) in [5.74, 6) is -0.730. The number of rotatable bonds is 8. The molecule has 0 aliphatic heterocycles. The highest BCUT2D eigenvalue weighted by molar-refractivity contribution is 5.66. The maximum Gasteiger partial charge on any atom is 0.304 e. The quantitative estimate of drug-likeness (QED) is 0.783. The summed E-state index contributed by atoms with van der Waals surface area (Å²) in [6, 6.07) is 9.35. The van der Waals surface area contributed by atoms with Crippen molar-refractivity contribution in [2.24, 2.45) is 0 Å². The second-order valence-electron chi connectivity index (χ2n) is 5.49. The maximum absolute atomic E-state index is 10.8. The molecule has 1 N–H and O–H groups in total. The molecule has 1 rings (SSSR count). The minimum absolute atomic E-state index is 0.196. The Balaban J connectivity index is 2.90. The van der Waals surface area contributed by atoms with E-state index >= 15 is 0 Å². The number of carboxylic acids is 1. The molecule has 112 valence electrons. The van der Waals surface area contributed by atoms with Crippen LogP contribution >= 0.6 is 0 Å². The van der Waals surface area contributed by atoms with Crippen LogP contribution in [0.3, 0.4) is 0 Å². The van der Waals surface area contributed by atoms with E-state index in [0.717, 1.165) is 12.8 Å². The van der Waals surface area contributed by atoms with E-state index in [4.69, 9.17) is 5.11 Å². The van der Waals surface area contributed by atoms with Gasteiger partial charge in [0.2, 0.25) is 0 Å². The van der Waals surface area contributed by atoms with Gasteiger partial charge in [-0.2, -0.15) is 0 Å². The van der Waals surface area contributed by atoms with Crippen molar-refractivity contribution in [2.45, 2.75) is 59.0 Å². The van der Waals surface area contributed by atoms with E-state index < -0.39 is 5.97 Å². The van der Waals surface area contributed by atoms with E-state index in [2.05, 4.69) is 56.9 Å². The summed E-state index contributed by atoms with van der Waals surface area (Å²) in [5.41, 5.74) is 2.62. The van der Waals surface area contributed by atoms with Crippen LogP contribution in [0.25, 0.3) is 0 Å². The zero-order valence-electron chi connectivity index (χ0n) is 13.1. The zero-order chi connectivity index (χ0) is 15.1. The van der Waals surface area contributed by atoms with Gasteiger partial charge in [0.15, 0.2) is 0 Å². The van der Waals surface area contributed by atoms with Crippen LogP contribution in [0.2, 0.25) is 0 Å². The minimum atomic E-state index is -0.730. The summed E-state index contributed by atoms with van der Waals surface area (Å²) >= 11 is 0. The molecular formula is C17H27NO2. The zero-order valence-corrected chi connectivity index (χ0v) is 13.1. The van der Waals surface area contributed by atoms with Gasteiger partial charge in [-0.15, -0.1) is 0 Å². The normalized spacial score (nSPS) is 12.9. The Morgan fingerprint density at radius 2 is 1.80 bits per heavy atom. The molecule has 0 fully saturated rings. The van der Waals surface area contributed by atoms with E-state index in [9.17, 15) is 4.79 Å². The molecule has 0 aliphatic carbocycles. The van der Waals surface area contributed by atoms with Crippen LogP contribution in [0.1, 0.15) is 57.7 Å². The average Bonchev–Trinajstić information content (AvgIpc) is 2.43. The van der Waals surface area contributed by atoms with Gasteiger partial charge in [-0.3, -0.25) is 9.69 Å². The monoisotopic (exact) mass is 277 g/mol. The topological polar surface area (TPSA) is 40.5 Å². The standard InChI is InChI=1S/C17H27NO2/c1-5-14-7-9-15(10-8-14)16(6-2)18(13(3)4)12-11-17(19)20/h7-10,13,16H,5-6,11-12H2,1-4H3,(H,19,20). The Labute approximate surface area is 122 Å². The van der Waals surface area contributed by atoms with Crippen molar-refractivity contribution in [1.82, 2.24) is 4.90 Å². The number of nitrogens with zero attached hydrogens (tertiary/aromatic N) is 1. The molecular weight excluding hydrogens is 250 g/mol. The highest BCUT2D eigenvalue weighted by Gasteiger charge is 2.21. The number of hydrogen-bond donors (Lipinski definition) is 1. The molecule has 0 aromatic heterocycles. The van der Waals surface area contributed by atoms with Gasteiger partial charge in [0.25, 0.3) is 0 Å². The van der Waals surface area contributed by atoms with Gasteiger partial charge in [-0.25, -0.2) is 0 Å². The Kier molecular flexibility index (Phi) is 6.73. The Morgan fingerprint density at radius 3 is 2.20 bits per heavy atom. The van der Waals surface area contributed by atoms with Crippen molar-refractivity contribution in [2.75, 3.05) is 6.54 Å². The molecule has 1 aromatic rings. The lowest BCUT2D eigenvalue weighted by Gasteiger charge is -2.34. The largest absolute Gasteiger partial charge is 0.481 e. The number of carbonyl (C=O) groups is 1. The molecule has 0 aliphatic rings. The highest BCUT2D eigenvalue weighted by Crippen LogP contribution is 2.26. The van der Waals surface area contributed by atoms with E-state index in [1.807, 2.05) is 0 Å². The lowest BCUT2D eigenvalue weighted by Crippen LogP contribution is -2.36. The van der Waals surface area contributed by atoms with Crippen molar-refractivity contribution in [3.8, 4) is 0 Å². The first-order chi connectivity index (χ1) is 9.49. The first kappa shape index (κ1) is 16.7. The number of aryl methyl sites for hydroxylation is 1. The molecule has 0 spiro atoms. The molecule has 0 saturated carbocycles. The predicted molar refractivity (Wildman–Crippen MR) is 82.9 cm³/mol. The number of benzene rings is 1. The Hall–Kier alpha value is -1.35. The Bertz CT molecular complexity index is 412. The van der Waals surface area contributed by atoms with Gasteiger partial charge in [0.1, 0.15) is 0 Å². The second-order valence-corrected chi connectivity index (χ2v) is 5.49. The molecule has 20 heavy (non-hydrogen) atoms. The molecule has 0 bridgehead atoms. The summed E-state index contributed by atoms with van der Waals surface area (Å²) < 4.78 is 0. The highest BCUT2D eigenvalue weighted by atomic mass is 16.4. The van der Waals surface area contributed by atoms with Crippen molar-refractivity contribution < 1.29 is 9.90 Å². The lowest BCUT2D eigenvalue weighted by atomic mass is 9.99. The van der Waals surface area contributed by atoms with Gasteiger partial charge in [0.05, 0.1) is 6.42 Å². The van der Waals surface area contributed by atoms with Crippen molar-refractivity contribution in [3.05, 3.63) is 35.4 Å². The first-order valence-corrected chi connectivity index (χ1v) is 7.55. The van der Waals surface area contributed by atoms with Gasteiger partial charge in [0, 0.05) is 18.6 Å². The van der Waals surface area contributed by atoms with Crippen molar-refractivity contribution in [1.29, 1.82) is 0 Å².